The maximum atomic E-state index is 10.6. The third-order valence-corrected chi connectivity index (χ3v) is 13.4. The van der Waals surface area contributed by atoms with Crippen LogP contribution in [-0.4, -0.2) is 118 Å². The molecule has 2 aromatic carbocycles. The Bertz CT molecular complexity index is 1790. The molecule has 2 aliphatic heterocycles. The first kappa shape index (κ1) is 68.3. The quantitative estimate of drug-likeness (QED) is 0.0124. The Morgan fingerprint density at radius 1 is 0.635 bits per heavy atom. The van der Waals surface area contributed by atoms with E-state index in [1.807, 2.05) is 6.08 Å². The third-order valence-electron chi connectivity index (χ3n) is 13.4. The standard InChI is InChI=1S/C21H25NO.C19H36O4.C19H34O4.H2O4S/c1-22-18-12-13-19(22)15-20(14-18)23-21(16-8-4-2-5-9-16)17-10-6-3-7-11-17;2*1-3-4-5-6-7-8-9-10-11-12-13-14-18(21)15-19(22)16-23-17(2)20;1-5(2,3)4/h2-11,18-21H,12-15H2,1H3;3,18-19,21-22H,1,4-16H2,2H3;1,18-19,21-22H,4-16H2,2H3;(H2,1,2,3,4). The van der Waals surface area contributed by atoms with Crippen molar-refractivity contribution < 1.29 is 61.7 Å². The summed E-state index contributed by atoms with van der Waals surface area (Å²) in [6, 6.07) is 22.7. The van der Waals surface area contributed by atoms with E-state index >= 15 is 0 Å². The third kappa shape index (κ3) is 38.8. The Hall–Kier alpha value is -3.69. The molecule has 0 aromatic heterocycles. The summed E-state index contributed by atoms with van der Waals surface area (Å²) in [6.07, 6.45) is 36.0. The summed E-state index contributed by atoms with van der Waals surface area (Å²) in [5, 5.41) is 38.8. The summed E-state index contributed by atoms with van der Waals surface area (Å²) < 4.78 is 47.7. The first-order valence-electron chi connectivity index (χ1n) is 27.6. The number of allylic oxidation sites excluding steroid dienone is 1. The van der Waals surface area contributed by atoms with Gasteiger partial charge in [-0.1, -0.05) is 169 Å². The van der Waals surface area contributed by atoms with Gasteiger partial charge in [-0.25, -0.2) is 0 Å². The van der Waals surface area contributed by atoms with Crippen LogP contribution in [0.15, 0.2) is 73.3 Å². The fourth-order valence-electron chi connectivity index (χ4n) is 9.45. The highest BCUT2D eigenvalue weighted by Gasteiger charge is 2.39. The molecule has 14 nitrogen and oxygen atoms in total. The summed E-state index contributed by atoms with van der Waals surface area (Å²) in [7, 11) is -2.38. The highest BCUT2D eigenvalue weighted by Crippen LogP contribution is 2.38. The number of carbonyl (C=O) groups is 2. The molecule has 6 atom stereocenters. The van der Waals surface area contributed by atoms with E-state index in [0.29, 0.717) is 31.0 Å². The number of esters is 2. The van der Waals surface area contributed by atoms with Crippen molar-refractivity contribution in [3.63, 3.8) is 0 Å². The molecule has 0 spiro atoms. The summed E-state index contributed by atoms with van der Waals surface area (Å²) >= 11 is 0. The summed E-state index contributed by atoms with van der Waals surface area (Å²) in [4.78, 5) is 23.8. The van der Waals surface area contributed by atoms with Gasteiger partial charge < -0.3 is 39.5 Å². The van der Waals surface area contributed by atoms with Crippen molar-refractivity contribution >= 4 is 22.3 Å². The van der Waals surface area contributed by atoms with Crippen molar-refractivity contribution in [3.8, 4) is 12.3 Å². The van der Waals surface area contributed by atoms with E-state index in [-0.39, 0.29) is 32.2 Å². The lowest BCUT2D eigenvalue weighted by atomic mass is 9.97. The Morgan fingerprint density at radius 3 is 1.34 bits per heavy atom. The van der Waals surface area contributed by atoms with Crippen LogP contribution in [0.1, 0.15) is 211 Å². The molecule has 0 radical (unpaired) electrons. The highest BCUT2D eigenvalue weighted by atomic mass is 32.3. The minimum absolute atomic E-state index is 0.0286. The molecule has 74 heavy (non-hydrogen) atoms. The lowest BCUT2D eigenvalue weighted by Crippen LogP contribution is -2.43. The molecular weight excluding hydrogens is 963 g/mol. The van der Waals surface area contributed by atoms with Crippen molar-refractivity contribution in [3.05, 3.63) is 84.4 Å². The number of aliphatic hydroxyl groups excluding tert-OH is 4. The Labute approximate surface area is 446 Å². The summed E-state index contributed by atoms with van der Waals surface area (Å²) in [6.45, 7) is 6.28. The van der Waals surface area contributed by atoms with Crippen LogP contribution < -0.4 is 0 Å². The van der Waals surface area contributed by atoms with E-state index in [0.717, 1.165) is 44.9 Å². The number of ether oxygens (including phenoxy) is 3. The van der Waals surface area contributed by atoms with Gasteiger partial charge in [0.25, 0.3) is 0 Å². The van der Waals surface area contributed by atoms with Crippen LogP contribution in [0.5, 0.6) is 0 Å². The van der Waals surface area contributed by atoms with Gasteiger partial charge in [-0.2, -0.15) is 8.42 Å². The van der Waals surface area contributed by atoms with Crippen molar-refractivity contribution in [1.29, 1.82) is 0 Å². The molecule has 2 fully saturated rings. The molecule has 2 saturated heterocycles. The van der Waals surface area contributed by atoms with Gasteiger partial charge in [0.05, 0.1) is 30.5 Å². The van der Waals surface area contributed by atoms with Gasteiger partial charge in [0.1, 0.15) is 19.3 Å². The lowest BCUT2D eigenvalue weighted by molar-refractivity contribution is -0.145. The van der Waals surface area contributed by atoms with Crippen molar-refractivity contribution in [2.45, 2.75) is 242 Å². The number of aliphatic hydroxyl groups is 4. The zero-order valence-electron chi connectivity index (χ0n) is 45.4. The van der Waals surface area contributed by atoms with Crippen LogP contribution in [-0.2, 0) is 34.2 Å². The van der Waals surface area contributed by atoms with Gasteiger partial charge in [0, 0.05) is 45.2 Å². The monoisotopic (exact) mass is 1060 g/mol. The fraction of sp³-hybridized carbons (Fsp3) is 0.695. The molecule has 6 N–H and O–H groups in total. The molecule has 2 heterocycles. The van der Waals surface area contributed by atoms with Crippen molar-refractivity contribution in [2.75, 3.05) is 20.3 Å². The molecule has 4 rings (SSSR count). The predicted molar refractivity (Wildman–Crippen MR) is 295 cm³/mol. The average molecular weight is 1060 g/mol. The molecule has 2 aromatic rings. The minimum Gasteiger partial charge on any atom is -0.463 e. The lowest BCUT2D eigenvalue weighted by Gasteiger charge is -2.38. The largest absolute Gasteiger partial charge is 0.463 e. The summed E-state index contributed by atoms with van der Waals surface area (Å²) in [5.41, 5.74) is 2.51. The van der Waals surface area contributed by atoms with Gasteiger partial charge in [-0.15, -0.1) is 18.9 Å². The van der Waals surface area contributed by atoms with Gasteiger partial charge in [-0.3, -0.25) is 18.7 Å². The predicted octanol–water partition coefficient (Wildman–Crippen LogP) is 11.5. The van der Waals surface area contributed by atoms with Crippen LogP contribution >= 0.6 is 0 Å². The van der Waals surface area contributed by atoms with E-state index in [1.54, 1.807) is 0 Å². The molecule has 2 bridgehead atoms. The number of unbranched alkanes of at least 4 members (excludes halogenated alkanes) is 18. The number of hydrogen-bond donors (Lipinski definition) is 6. The molecule has 6 unspecified atom stereocenters. The van der Waals surface area contributed by atoms with E-state index in [1.165, 1.54) is 134 Å². The zero-order valence-corrected chi connectivity index (χ0v) is 46.2. The second-order valence-corrected chi connectivity index (χ2v) is 21.0. The van der Waals surface area contributed by atoms with Gasteiger partial charge >= 0.3 is 22.3 Å². The number of fused-ring (bicyclic) bond motifs is 2. The fourth-order valence-corrected chi connectivity index (χ4v) is 9.45. The van der Waals surface area contributed by atoms with Crippen LogP contribution in [0, 0.1) is 12.3 Å². The normalized spacial score (nSPS) is 17.7. The minimum atomic E-state index is -4.67. The maximum Gasteiger partial charge on any atom is 0.394 e. The molecule has 15 heteroatoms. The second kappa shape index (κ2) is 43.4. The van der Waals surface area contributed by atoms with Gasteiger partial charge in [0.15, 0.2) is 0 Å². The molecular formula is C59H97NO13S. The topological polar surface area (TPSA) is 221 Å². The van der Waals surface area contributed by atoms with E-state index < -0.39 is 46.8 Å². The number of piperidine rings is 1. The first-order valence-corrected chi connectivity index (χ1v) is 29.0. The number of carbonyl (C=O) groups excluding carboxylic acids is 2. The van der Waals surface area contributed by atoms with Gasteiger partial charge in [0.2, 0.25) is 0 Å². The number of benzene rings is 2. The van der Waals surface area contributed by atoms with E-state index in [9.17, 15) is 30.0 Å². The van der Waals surface area contributed by atoms with Crippen molar-refractivity contribution in [1.82, 2.24) is 4.90 Å². The Balaban J connectivity index is 0.000000529. The molecule has 422 valence electrons. The van der Waals surface area contributed by atoms with Crippen LogP contribution in [0.4, 0.5) is 0 Å². The van der Waals surface area contributed by atoms with Crippen LogP contribution in [0.3, 0.4) is 0 Å². The number of nitrogens with zero attached hydrogens (tertiary/aromatic N) is 1. The van der Waals surface area contributed by atoms with E-state index in [2.05, 4.69) is 85.1 Å². The maximum absolute atomic E-state index is 10.6. The number of terminal acetylenes is 1. The summed E-state index contributed by atoms with van der Waals surface area (Å²) in [5.74, 6) is 1.86. The van der Waals surface area contributed by atoms with Crippen LogP contribution in [0.2, 0.25) is 0 Å². The Kier molecular flexibility index (Phi) is 40.1. The van der Waals surface area contributed by atoms with Crippen molar-refractivity contribution in [2.24, 2.45) is 0 Å². The van der Waals surface area contributed by atoms with E-state index in [4.69, 9.17) is 38.2 Å². The average Bonchev–Trinajstić information content (AvgIpc) is 3.54. The first-order chi connectivity index (χ1) is 35.4. The SMILES string of the molecule is C#CCCCCCCCCCCCC(O)CC(O)COC(C)=O.C=CCCCCCCCCCCCC(O)CC(O)COC(C)=O.CN1C2CCC1CC(OC(c1ccccc1)c1ccccc1)C2.O=S(=O)(O)O. The number of rotatable bonds is 35. The van der Waals surface area contributed by atoms with Gasteiger partial charge in [-0.05, 0) is 76.0 Å². The number of hydrogen-bond acceptors (Lipinski definition) is 12. The molecule has 2 aliphatic rings. The zero-order chi connectivity index (χ0) is 54.8. The van der Waals surface area contributed by atoms with Crippen LogP contribution in [0.25, 0.3) is 0 Å². The molecule has 0 saturated carbocycles. The second-order valence-electron chi connectivity index (χ2n) is 20.1. The smallest absolute Gasteiger partial charge is 0.394 e. The molecule has 0 aliphatic carbocycles. The highest BCUT2D eigenvalue weighted by molar-refractivity contribution is 7.79. The molecule has 0 amide bonds. The Morgan fingerprint density at radius 2 is 0.986 bits per heavy atom.